The zero-order valence-corrected chi connectivity index (χ0v) is 14.6. The van der Waals surface area contributed by atoms with Crippen molar-refractivity contribution < 1.29 is 36.9 Å². The van der Waals surface area contributed by atoms with Crippen LogP contribution in [-0.4, -0.2) is 43.9 Å². The number of thiol groups is 1. The molecule has 0 amide bonds. The van der Waals surface area contributed by atoms with Crippen molar-refractivity contribution in [3.8, 4) is 11.5 Å². The molecule has 0 fully saturated rings. The van der Waals surface area contributed by atoms with Crippen molar-refractivity contribution in [1.29, 1.82) is 0 Å². The quantitative estimate of drug-likeness (QED) is 0.313. The zero-order valence-electron chi connectivity index (χ0n) is 13.7. The second-order valence-electron chi connectivity index (χ2n) is 4.74. The summed E-state index contributed by atoms with van der Waals surface area (Å²) in [6, 6.07) is 15.6. The third kappa shape index (κ3) is 10.9. The third-order valence-corrected chi connectivity index (χ3v) is 3.76. The summed E-state index contributed by atoms with van der Waals surface area (Å²) in [5.41, 5.74) is 0. The summed E-state index contributed by atoms with van der Waals surface area (Å²) in [5.74, 6) is 1.52. The topological polar surface area (TPSA) is 58.9 Å². The molecule has 144 valence electrons. The molecule has 0 aliphatic rings. The van der Waals surface area contributed by atoms with Gasteiger partial charge in [-0.25, -0.2) is 0 Å². The number of rotatable bonds is 8. The second kappa shape index (κ2) is 11.7. The lowest BCUT2D eigenvalue weighted by Crippen LogP contribution is -2.02. The van der Waals surface area contributed by atoms with Gasteiger partial charge in [-0.1, -0.05) is 0 Å². The molecule has 10 heteroatoms. The van der Waals surface area contributed by atoms with Crippen molar-refractivity contribution in [2.75, 3.05) is 26.4 Å². The maximum Gasteiger partial charge on any atom is 0.673 e. The molecule has 0 spiro atoms. The Morgan fingerprint density at radius 2 is 1.00 bits per heavy atom. The Hall–Kier alpha value is -1.91. The van der Waals surface area contributed by atoms with E-state index in [1.807, 2.05) is 48.5 Å². The number of benzene rings is 2. The van der Waals surface area contributed by atoms with Crippen LogP contribution >= 0.6 is 0 Å². The van der Waals surface area contributed by atoms with E-state index < -0.39 is 7.25 Å². The first-order valence-corrected chi connectivity index (χ1v) is 8.48. The Morgan fingerprint density at radius 1 is 0.692 bits per heavy atom. The van der Waals surface area contributed by atoms with Crippen molar-refractivity contribution in [3.63, 3.8) is 0 Å². The molecule has 0 aromatic heterocycles. The van der Waals surface area contributed by atoms with E-state index in [9.17, 15) is 17.3 Å². The standard InChI is InChI=1S/C16H18O4S.BF4/c17-9-11-19-13-1-5-15(6-2-13)21-16-7-3-14(4-8-16)20-12-10-18;2-1(3,4)5/h1-8,17-18H,9-12H2;/q;-1/p+1. The predicted octanol–water partition coefficient (Wildman–Crippen LogP) is 2.96. The van der Waals surface area contributed by atoms with E-state index in [0.29, 0.717) is 13.2 Å². The average Bonchev–Trinajstić information content (AvgIpc) is 2.59. The number of ether oxygens (including phenoxy) is 2. The molecule has 0 heterocycles. The number of hydrogen-bond donors (Lipinski definition) is 2. The van der Waals surface area contributed by atoms with Crippen LogP contribution in [0.5, 0.6) is 11.5 Å². The summed E-state index contributed by atoms with van der Waals surface area (Å²) in [6.07, 6.45) is 0. The molecule has 2 aromatic carbocycles. The normalized spacial score (nSPS) is 10.7. The van der Waals surface area contributed by atoms with Crippen LogP contribution in [-0.2, 0) is 11.8 Å². The summed E-state index contributed by atoms with van der Waals surface area (Å²) in [7, 11) is -6.00. The molecular formula is C16H19BF4O4S. The molecule has 0 radical (unpaired) electrons. The average molecular weight is 394 g/mol. The molecule has 4 nitrogen and oxygen atoms in total. The first-order valence-electron chi connectivity index (χ1n) is 7.58. The van der Waals surface area contributed by atoms with Gasteiger partial charge in [0.1, 0.15) is 24.7 Å². The van der Waals surface area contributed by atoms with Crippen molar-refractivity contribution >= 4 is 19.0 Å². The van der Waals surface area contributed by atoms with Crippen molar-refractivity contribution in [3.05, 3.63) is 48.5 Å². The van der Waals surface area contributed by atoms with E-state index >= 15 is 0 Å². The molecule has 0 aliphatic carbocycles. The Kier molecular flexibility index (Phi) is 9.93. The van der Waals surface area contributed by atoms with Crippen LogP contribution in [0, 0.1) is 0 Å². The van der Waals surface area contributed by atoms with E-state index in [4.69, 9.17) is 19.7 Å². The van der Waals surface area contributed by atoms with Gasteiger partial charge in [-0.15, -0.1) is 0 Å². The van der Waals surface area contributed by atoms with Gasteiger partial charge >= 0.3 is 7.25 Å². The number of aliphatic hydroxyl groups is 2. The Morgan fingerprint density at radius 3 is 1.27 bits per heavy atom. The molecule has 0 aliphatic heterocycles. The Balaban J connectivity index is 0.000000597. The predicted molar refractivity (Wildman–Crippen MR) is 93.5 cm³/mol. The fraction of sp³-hybridized carbons (Fsp3) is 0.250. The molecule has 0 bridgehead atoms. The number of hydrogen-bond acceptors (Lipinski definition) is 4. The molecule has 2 N–H and O–H groups in total. The van der Waals surface area contributed by atoms with E-state index in [1.54, 1.807) is 0 Å². The maximum absolute atomic E-state index is 9.75. The second-order valence-corrected chi connectivity index (χ2v) is 6.00. The van der Waals surface area contributed by atoms with Gasteiger partial charge in [0.25, 0.3) is 0 Å². The molecule has 0 atom stereocenters. The minimum Gasteiger partial charge on any atom is -0.491 e. The first kappa shape index (κ1) is 22.1. The molecule has 0 saturated heterocycles. The Labute approximate surface area is 152 Å². The van der Waals surface area contributed by atoms with Crippen LogP contribution in [0.25, 0.3) is 0 Å². The lowest BCUT2D eigenvalue weighted by atomic mass is 10.3. The van der Waals surface area contributed by atoms with Gasteiger partial charge in [-0.2, -0.15) is 0 Å². The van der Waals surface area contributed by atoms with E-state index in [2.05, 4.69) is 0 Å². The van der Waals surface area contributed by atoms with E-state index in [1.165, 1.54) is 0 Å². The van der Waals surface area contributed by atoms with Crippen LogP contribution in [0.1, 0.15) is 0 Å². The van der Waals surface area contributed by atoms with Gasteiger partial charge in [-0.3, -0.25) is 0 Å². The lowest BCUT2D eigenvalue weighted by molar-refractivity contribution is 0.201. The summed E-state index contributed by atoms with van der Waals surface area (Å²) in [4.78, 5) is 2.32. The van der Waals surface area contributed by atoms with Gasteiger partial charge in [0.15, 0.2) is 9.79 Å². The van der Waals surface area contributed by atoms with Gasteiger partial charge in [0.2, 0.25) is 0 Å². The summed E-state index contributed by atoms with van der Waals surface area (Å²) in [6.45, 7) is 0.661. The van der Waals surface area contributed by atoms with Crippen molar-refractivity contribution in [2.24, 2.45) is 0 Å². The number of halogens is 4. The van der Waals surface area contributed by atoms with Crippen LogP contribution in [0.15, 0.2) is 58.3 Å². The SMILES string of the molecule is F[B-](F)(F)F.OCCOc1ccc([SH+]c2ccc(OCCO)cc2)cc1. The monoisotopic (exact) mass is 394 g/mol. The fourth-order valence-electron chi connectivity index (χ4n) is 1.71. The van der Waals surface area contributed by atoms with Crippen LogP contribution in [0.2, 0.25) is 0 Å². The van der Waals surface area contributed by atoms with Gasteiger partial charge < -0.3 is 36.9 Å². The van der Waals surface area contributed by atoms with Gasteiger partial charge in [-0.05, 0) is 48.5 Å². The lowest BCUT2D eigenvalue weighted by Gasteiger charge is -2.04. The minimum atomic E-state index is -6.00. The molecular weight excluding hydrogens is 375 g/mol. The highest BCUT2D eigenvalue weighted by atomic mass is 32.2. The molecule has 0 saturated carbocycles. The Bertz CT molecular complexity index is 568. The molecule has 2 aromatic rings. The maximum atomic E-state index is 9.75. The largest absolute Gasteiger partial charge is 0.673 e. The summed E-state index contributed by atoms with van der Waals surface area (Å²) < 4.78 is 49.6. The highest BCUT2D eigenvalue weighted by Gasteiger charge is 2.20. The van der Waals surface area contributed by atoms with Gasteiger partial charge in [0, 0.05) is 11.8 Å². The van der Waals surface area contributed by atoms with Crippen molar-refractivity contribution in [1.82, 2.24) is 0 Å². The smallest absolute Gasteiger partial charge is 0.491 e. The summed E-state index contributed by atoms with van der Waals surface area (Å²) in [5, 5.41) is 17.4. The summed E-state index contributed by atoms with van der Waals surface area (Å²) >= 11 is 1.10. The van der Waals surface area contributed by atoms with Crippen LogP contribution < -0.4 is 9.47 Å². The van der Waals surface area contributed by atoms with Crippen molar-refractivity contribution in [2.45, 2.75) is 9.79 Å². The van der Waals surface area contributed by atoms with E-state index in [0.717, 1.165) is 33.1 Å². The number of aliphatic hydroxyl groups excluding tert-OH is 2. The third-order valence-electron chi connectivity index (χ3n) is 2.65. The zero-order chi connectivity index (χ0) is 19.4. The van der Waals surface area contributed by atoms with E-state index in [-0.39, 0.29) is 13.2 Å². The molecule has 0 unspecified atom stereocenters. The van der Waals surface area contributed by atoms with Gasteiger partial charge in [0.05, 0.1) is 13.2 Å². The van der Waals surface area contributed by atoms with Crippen LogP contribution in [0.4, 0.5) is 17.3 Å². The highest BCUT2D eigenvalue weighted by molar-refractivity contribution is 7.78. The minimum absolute atomic E-state index is 0.0186. The highest BCUT2D eigenvalue weighted by Crippen LogP contribution is 2.19. The molecule has 2 rings (SSSR count). The first-order chi connectivity index (χ1) is 12.3. The molecule has 26 heavy (non-hydrogen) atoms. The fourth-order valence-corrected chi connectivity index (χ4v) is 2.60. The van der Waals surface area contributed by atoms with Crippen LogP contribution in [0.3, 0.4) is 0 Å².